The van der Waals surface area contributed by atoms with Crippen LogP contribution in [0.15, 0.2) is 42.6 Å². The highest BCUT2D eigenvalue weighted by molar-refractivity contribution is 7.13. The van der Waals surface area contributed by atoms with E-state index in [2.05, 4.69) is 26.9 Å². The summed E-state index contributed by atoms with van der Waals surface area (Å²) in [7, 11) is 2.00. The molecule has 0 spiro atoms. The Morgan fingerprint density at radius 2 is 2.46 bits per heavy atom. The second kappa shape index (κ2) is 8.75. The van der Waals surface area contributed by atoms with E-state index in [0.29, 0.717) is 19.5 Å². The minimum atomic E-state index is -0.178. The van der Waals surface area contributed by atoms with Crippen LogP contribution in [0.1, 0.15) is 5.69 Å². The van der Waals surface area contributed by atoms with E-state index in [1.165, 1.54) is 5.06 Å². The van der Waals surface area contributed by atoms with Gasteiger partial charge in [0.25, 0.3) is 0 Å². The van der Waals surface area contributed by atoms with E-state index in [1.807, 2.05) is 35.4 Å². The van der Waals surface area contributed by atoms with Crippen molar-refractivity contribution in [2.75, 3.05) is 32.1 Å². The predicted molar refractivity (Wildman–Crippen MR) is 101 cm³/mol. The molecule has 3 heterocycles. The summed E-state index contributed by atoms with van der Waals surface area (Å²) in [6, 6.07) is 1.79. The third-order valence-electron chi connectivity index (χ3n) is 3.88. The van der Waals surface area contributed by atoms with Crippen LogP contribution >= 0.6 is 11.3 Å². The minimum Gasteiger partial charge on any atom is -0.356 e. The first-order valence-corrected chi connectivity index (χ1v) is 9.12. The Balaban J connectivity index is 1.70. The summed E-state index contributed by atoms with van der Waals surface area (Å²) < 4.78 is 1.85. The summed E-state index contributed by atoms with van der Waals surface area (Å²) in [4.78, 5) is 23.1. The number of rotatable bonds is 9. The topological polar surface area (TPSA) is 75.5 Å². The highest BCUT2D eigenvalue weighted by Gasteiger charge is 2.24. The highest BCUT2D eigenvalue weighted by Crippen LogP contribution is 2.18. The molecule has 1 N–H and O–H groups in total. The zero-order chi connectivity index (χ0) is 18.4. The fraction of sp³-hybridized carbons (Fsp3) is 0.353. The standard InChI is InChI=1S/C17H22N6O2S/c1-3-7-25-23(13-24)16-9-15(11-21(2)12-16)22-6-4-14(20-22)10-19-17-18-5-8-26-17/h3-6,8-9,13,16H,1,7,10-12H2,2H3,(H,18,19). The monoisotopic (exact) mass is 374 g/mol. The third-order valence-corrected chi connectivity index (χ3v) is 4.61. The summed E-state index contributed by atoms with van der Waals surface area (Å²) >= 11 is 1.56. The Bertz CT molecular complexity index is 757. The van der Waals surface area contributed by atoms with E-state index in [9.17, 15) is 4.79 Å². The molecule has 2 aromatic rings. The molecule has 1 aliphatic rings. The molecule has 0 aromatic carbocycles. The van der Waals surface area contributed by atoms with Crippen molar-refractivity contribution in [1.82, 2.24) is 24.7 Å². The first-order valence-electron chi connectivity index (χ1n) is 8.24. The van der Waals surface area contributed by atoms with E-state index in [0.717, 1.165) is 23.1 Å². The Hall–Kier alpha value is -2.49. The van der Waals surface area contributed by atoms with Crippen LogP contribution in [-0.2, 0) is 16.2 Å². The minimum absolute atomic E-state index is 0.178. The Morgan fingerprint density at radius 1 is 1.58 bits per heavy atom. The number of aromatic nitrogens is 3. The van der Waals surface area contributed by atoms with Crippen LogP contribution in [0.5, 0.6) is 0 Å². The molecule has 138 valence electrons. The maximum Gasteiger partial charge on any atom is 0.233 e. The molecule has 1 amide bonds. The van der Waals surface area contributed by atoms with Crippen LogP contribution < -0.4 is 5.32 Å². The number of carbonyl (C=O) groups is 1. The van der Waals surface area contributed by atoms with Gasteiger partial charge in [-0.05, 0) is 19.2 Å². The molecular formula is C17H22N6O2S. The van der Waals surface area contributed by atoms with Crippen LogP contribution in [-0.4, -0.2) is 63.9 Å². The van der Waals surface area contributed by atoms with E-state index in [-0.39, 0.29) is 12.6 Å². The summed E-state index contributed by atoms with van der Waals surface area (Å²) in [5.41, 5.74) is 1.92. The molecule has 1 atom stereocenters. The quantitative estimate of drug-likeness (QED) is 0.409. The van der Waals surface area contributed by atoms with Gasteiger partial charge in [0.15, 0.2) is 5.13 Å². The van der Waals surface area contributed by atoms with Crippen LogP contribution in [0.3, 0.4) is 0 Å². The lowest BCUT2D eigenvalue weighted by molar-refractivity contribution is -0.177. The number of hydrogen-bond acceptors (Lipinski definition) is 7. The van der Waals surface area contributed by atoms with Gasteiger partial charge in [0.05, 0.1) is 30.6 Å². The number of thiazole rings is 1. The van der Waals surface area contributed by atoms with Gasteiger partial charge in [-0.2, -0.15) is 5.10 Å². The summed E-state index contributed by atoms with van der Waals surface area (Å²) in [6.07, 6.45) is 8.03. The van der Waals surface area contributed by atoms with Crippen molar-refractivity contribution in [3.63, 3.8) is 0 Å². The number of likely N-dealkylation sites (N-methyl/N-ethyl adjacent to an activating group) is 1. The molecule has 2 aromatic heterocycles. The van der Waals surface area contributed by atoms with Crippen molar-refractivity contribution in [2.45, 2.75) is 12.6 Å². The van der Waals surface area contributed by atoms with Gasteiger partial charge in [0.1, 0.15) is 0 Å². The van der Waals surface area contributed by atoms with Crippen molar-refractivity contribution in [2.24, 2.45) is 0 Å². The summed E-state index contributed by atoms with van der Waals surface area (Å²) in [5.74, 6) is 0. The molecule has 1 aliphatic heterocycles. The van der Waals surface area contributed by atoms with E-state index in [4.69, 9.17) is 4.84 Å². The smallest absolute Gasteiger partial charge is 0.233 e. The first kappa shape index (κ1) is 18.3. The zero-order valence-electron chi connectivity index (χ0n) is 14.6. The van der Waals surface area contributed by atoms with Gasteiger partial charge in [-0.25, -0.2) is 14.7 Å². The lowest BCUT2D eigenvalue weighted by atomic mass is 10.1. The number of hydroxylamine groups is 2. The average molecular weight is 374 g/mol. The van der Waals surface area contributed by atoms with Gasteiger partial charge in [-0.3, -0.25) is 14.5 Å². The number of anilines is 1. The lowest BCUT2D eigenvalue weighted by Gasteiger charge is -2.33. The molecule has 0 radical (unpaired) electrons. The number of carbonyl (C=O) groups excluding carboxylic acids is 1. The molecule has 0 saturated carbocycles. The van der Waals surface area contributed by atoms with E-state index in [1.54, 1.807) is 23.6 Å². The molecule has 9 heteroatoms. The number of hydrogen-bond donors (Lipinski definition) is 1. The maximum atomic E-state index is 11.3. The SMILES string of the molecule is C=CCON(C=O)C1C=C(n2ccc(CNc3nccs3)n2)CN(C)C1. The maximum absolute atomic E-state index is 11.3. The highest BCUT2D eigenvalue weighted by atomic mass is 32.1. The Kier molecular flexibility index (Phi) is 6.16. The molecule has 0 saturated heterocycles. The van der Waals surface area contributed by atoms with Gasteiger partial charge < -0.3 is 5.32 Å². The third kappa shape index (κ3) is 4.57. The number of nitrogens with one attached hydrogen (secondary N) is 1. The molecule has 0 aliphatic carbocycles. The van der Waals surface area contributed by atoms with E-state index >= 15 is 0 Å². The van der Waals surface area contributed by atoms with Crippen LogP contribution in [0.4, 0.5) is 5.13 Å². The lowest BCUT2D eigenvalue weighted by Crippen LogP contribution is -2.45. The Morgan fingerprint density at radius 3 is 3.19 bits per heavy atom. The van der Waals surface area contributed by atoms with Crippen LogP contribution in [0.25, 0.3) is 5.70 Å². The number of nitrogens with zero attached hydrogens (tertiary/aromatic N) is 5. The van der Waals surface area contributed by atoms with Crippen molar-refractivity contribution in [3.05, 3.63) is 48.3 Å². The predicted octanol–water partition coefficient (Wildman–Crippen LogP) is 1.68. The fourth-order valence-corrected chi connectivity index (χ4v) is 3.25. The van der Waals surface area contributed by atoms with Crippen LogP contribution in [0.2, 0.25) is 0 Å². The Labute approximate surface area is 156 Å². The zero-order valence-corrected chi connectivity index (χ0v) is 15.4. The van der Waals surface area contributed by atoms with Gasteiger partial charge in [-0.1, -0.05) is 6.08 Å². The molecule has 26 heavy (non-hydrogen) atoms. The van der Waals surface area contributed by atoms with Crippen molar-refractivity contribution >= 4 is 28.6 Å². The second-order valence-electron chi connectivity index (χ2n) is 5.91. The summed E-state index contributed by atoms with van der Waals surface area (Å²) in [6.45, 7) is 5.94. The molecule has 0 bridgehead atoms. The van der Waals surface area contributed by atoms with Crippen molar-refractivity contribution in [3.8, 4) is 0 Å². The normalized spacial score (nSPS) is 17.6. The fourth-order valence-electron chi connectivity index (χ4n) is 2.73. The van der Waals surface area contributed by atoms with Gasteiger partial charge >= 0.3 is 0 Å². The van der Waals surface area contributed by atoms with E-state index < -0.39 is 0 Å². The van der Waals surface area contributed by atoms with Gasteiger partial charge in [-0.15, -0.1) is 17.9 Å². The first-order chi connectivity index (χ1) is 12.7. The largest absolute Gasteiger partial charge is 0.356 e. The second-order valence-corrected chi connectivity index (χ2v) is 6.81. The molecule has 8 nitrogen and oxygen atoms in total. The van der Waals surface area contributed by atoms with Crippen molar-refractivity contribution < 1.29 is 9.63 Å². The molecular weight excluding hydrogens is 352 g/mol. The van der Waals surface area contributed by atoms with Gasteiger partial charge in [0, 0.05) is 30.9 Å². The summed E-state index contributed by atoms with van der Waals surface area (Å²) in [5, 5.41) is 12.0. The average Bonchev–Trinajstić information content (AvgIpc) is 3.32. The molecule has 1 unspecified atom stereocenters. The van der Waals surface area contributed by atoms with Crippen molar-refractivity contribution in [1.29, 1.82) is 0 Å². The van der Waals surface area contributed by atoms with Crippen LogP contribution in [0, 0.1) is 0 Å². The number of amides is 1. The molecule has 0 fully saturated rings. The molecule has 3 rings (SSSR count). The van der Waals surface area contributed by atoms with Gasteiger partial charge in [0.2, 0.25) is 6.41 Å².